The Kier molecular flexibility index (Phi) is 12.2. The molecule has 3 aliphatic rings. The lowest BCUT2D eigenvalue weighted by Gasteiger charge is -2.17. The van der Waals surface area contributed by atoms with Crippen molar-refractivity contribution in [2.45, 2.75) is 79.6 Å². The van der Waals surface area contributed by atoms with Crippen molar-refractivity contribution >= 4 is 11.6 Å². The molecule has 0 aromatic heterocycles. The zero-order chi connectivity index (χ0) is 36.5. The van der Waals surface area contributed by atoms with E-state index in [0.717, 1.165) is 6.42 Å². The zero-order valence-electron chi connectivity index (χ0n) is 32.0. The van der Waals surface area contributed by atoms with Crippen LogP contribution in [0.15, 0.2) is 151 Å². The Balaban J connectivity index is 0.000000141. The van der Waals surface area contributed by atoms with Crippen LogP contribution in [-0.2, 0) is 6.42 Å². The quantitative estimate of drug-likeness (QED) is 0.177. The van der Waals surface area contributed by atoms with Gasteiger partial charge in [0, 0.05) is 5.92 Å². The van der Waals surface area contributed by atoms with E-state index in [2.05, 4.69) is 193 Å². The Morgan fingerprint density at radius 3 is 2.04 bits per heavy atom. The SMILES string of the molecule is CC1=CCC(c2cccc(C3=CC=CCC3)c2)C=C1.Cc1ccc2c(c1)CCC=C2.Cc1ccccc1-c1ccc(C)c(-c2ccccc2C)c1C. The zero-order valence-corrected chi connectivity index (χ0v) is 32.0. The topological polar surface area (TPSA) is 0 Å². The van der Waals surface area contributed by atoms with Crippen LogP contribution in [0.25, 0.3) is 33.9 Å². The Bertz CT molecular complexity index is 2180. The molecule has 0 saturated carbocycles. The smallest absolute Gasteiger partial charge is 0.00561 e. The molecule has 0 bridgehead atoms. The van der Waals surface area contributed by atoms with Gasteiger partial charge in [-0.05, 0) is 146 Å². The first-order chi connectivity index (χ1) is 25.3. The van der Waals surface area contributed by atoms with Crippen LogP contribution in [0, 0.1) is 34.6 Å². The highest BCUT2D eigenvalue weighted by Crippen LogP contribution is 2.37. The fourth-order valence-corrected chi connectivity index (χ4v) is 7.63. The maximum absolute atomic E-state index is 2.37. The minimum atomic E-state index is 0.545. The van der Waals surface area contributed by atoms with Gasteiger partial charge in [0.15, 0.2) is 0 Å². The molecule has 5 aromatic carbocycles. The number of allylic oxidation sites excluding steroid dienone is 9. The van der Waals surface area contributed by atoms with Gasteiger partial charge in [0.25, 0.3) is 0 Å². The molecule has 0 aliphatic heterocycles. The van der Waals surface area contributed by atoms with E-state index in [1.807, 2.05) is 0 Å². The summed E-state index contributed by atoms with van der Waals surface area (Å²) in [6.07, 6.45) is 23.9. The van der Waals surface area contributed by atoms with Gasteiger partial charge < -0.3 is 0 Å². The van der Waals surface area contributed by atoms with Gasteiger partial charge in [-0.25, -0.2) is 0 Å². The molecule has 0 N–H and O–H groups in total. The van der Waals surface area contributed by atoms with Crippen molar-refractivity contribution in [1.29, 1.82) is 0 Å². The molecule has 1 unspecified atom stereocenters. The summed E-state index contributed by atoms with van der Waals surface area (Å²) < 4.78 is 0. The summed E-state index contributed by atoms with van der Waals surface area (Å²) >= 11 is 0. The van der Waals surface area contributed by atoms with E-state index < -0.39 is 0 Å². The second-order valence-corrected chi connectivity index (χ2v) is 14.6. The van der Waals surface area contributed by atoms with E-state index in [4.69, 9.17) is 0 Å². The number of rotatable bonds is 4. The standard InChI is InChI=1S/C22H22.C19H20.C11H12/c1-15-9-5-7-11-19(15)21-14-13-17(3)22(18(21)4)20-12-8-6-10-16(20)2;1-15-10-12-17(13-11-15)19-9-5-8-18(14-19)16-6-3-2-4-7-16;1-9-6-7-10-4-2-3-5-11(10)8-9/h5-14H,1-4H3;2-3,5-6,8-12,14,17H,4,7,13H2,1H3;2,4,6-8H,3,5H2,1H3. The summed E-state index contributed by atoms with van der Waals surface area (Å²) in [7, 11) is 0. The molecule has 52 heavy (non-hydrogen) atoms. The highest BCUT2D eigenvalue weighted by Gasteiger charge is 2.14. The van der Waals surface area contributed by atoms with Crippen LogP contribution in [0.1, 0.15) is 88.6 Å². The lowest BCUT2D eigenvalue weighted by atomic mass is 9.87. The molecular formula is C52H54. The fourth-order valence-electron chi connectivity index (χ4n) is 7.63. The van der Waals surface area contributed by atoms with E-state index >= 15 is 0 Å². The first-order valence-corrected chi connectivity index (χ1v) is 19.1. The number of benzene rings is 5. The van der Waals surface area contributed by atoms with Gasteiger partial charge in [-0.2, -0.15) is 0 Å². The highest BCUT2D eigenvalue weighted by molar-refractivity contribution is 5.82. The molecule has 0 fully saturated rings. The van der Waals surface area contributed by atoms with Crippen LogP contribution in [0.5, 0.6) is 0 Å². The number of aryl methyl sites for hydroxylation is 5. The van der Waals surface area contributed by atoms with Gasteiger partial charge in [0.1, 0.15) is 0 Å². The van der Waals surface area contributed by atoms with Crippen molar-refractivity contribution in [2.75, 3.05) is 0 Å². The summed E-state index contributed by atoms with van der Waals surface area (Å²) in [6.45, 7) is 13.1. The second-order valence-electron chi connectivity index (χ2n) is 14.6. The molecule has 5 aromatic rings. The van der Waals surface area contributed by atoms with Crippen LogP contribution in [0.4, 0.5) is 0 Å². The van der Waals surface area contributed by atoms with E-state index in [0.29, 0.717) is 5.92 Å². The lowest BCUT2D eigenvalue weighted by Crippen LogP contribution is -1.99. The van der Waals surface area contributed by atoms with Crippen LogP contribution in [0.2, 0.25) is 0 Å². The van der Waals surface area contributed by atoms with Gasteiger partial charge in [0.05, 0.1) is 0 Å². The number of hydrogen-bond donors (Lipinski definition) is 0. The average Bonchev–Trinajstić information content (AvgIpc) is 3.17. The minimum Gasteiger partial charge on any atom is -0.0842 e. The maximum Gasteiger partial charge on any atom is 0.00561 e. The van der Waals surface area contributed by atoms with Gasteiger partial charge in [-0.3, -0.25) is 0 Å². The van der Waals surface area contributed by atoms with Crippen molar-refractivity contribution in [1.82, 2.24) is 0 Å². The lowest BCUT2D eigenvalue weighted by molar-refractivity contribution is 0.844. The normalized spacial score (nSPS) is 15.7. The van der Waals surface area contributed by atoms with Crippen LogP contribution in [-0.4, -0.2) is 0 Å². The van der Waals surface area contributed by atoms with Gasteiger partial charge in [0.2, 0.25) is 0 Å². The minimum absolute atomic E-state index is 0.545. The maximum atomic E-state index is 2.37. The van der Waals surface area contributed by atoms with E-state index in [-0.39, 0.29) is 0 Å². The van der Waals surface area contributed by atoms with E-state index in [1.54, 1.807) is 0 Å². The molecule has 0 heterocycles. The molecule has 262 valence electrons. The molecule has 0 spiro atoms. The summed E-state index contributed by atoms with van der Waals surface area (Å²) in [4.78, 5) is 0. The predicted octanol–water partition coefficient (Wildman–Crippen LogP) is 14.6. The van der Waals surface area contributed by atoms with Crippen molar-refractivity contribution in [2.24, 2.45) is 0 Å². The fraction of sp³-hybridized carbons (Fsp3) is 0.231. The molecule has 0 saturated heterocycles. The van der Waals surface area contributed by atoms with Crippen molar-refractivity contribution in [3.05, 3.63) is 201 Å². The third kappa shape index (κ3) is 8.99. The van der Waals surface area contributed by atoms with Crippen molar-refractivity contribution in [3.8, 4) is 22.3 Å². The van der Waals surface area contributed by atoms with Gasteiger partial charge in [-0.15, -0.1) is 0 Å². The molecule has 3 aliphatic carbocycles. The summed E-state index contributed by atoms with van der Waals surface area (Å²) in [5, 5.41) is 0. The van der Waals surface area contributed by atoms with E-state index in [9.17, 15) is 0 Å². The second kappa shape index (κ2) is 17.3. The van der Waals surface area contributed by atoms with Crippen LogP contribution in [0.3, 0.4) is 0 Å². The van der Waals surface area contributed by atoms with Crippen LogP contribution >= 0.6 is 0 Å². The first-order valence-electron chi connectivity index (χ1n) is 19.1. The molecule has 1 atom stereocenters. The average molecular weight is 679 g/mol. The Labute approximate surface area is 313 Å². The van der Waals surface area contributed by atoms with Gasteiger partial charge in [-0.1, -0.05) is 163 Å². The molecule has 0 radical (unpaired) electrons. The summed E-state index contributed by atoms with van der Waals surface area (Å²) in [5.74, 6) is 0.545. The Morgan fingerprint density at radius 1 is 0.577 bits per heavy atom. The molecule has 0 amide bonds. The third-order valence-corrected chi connectivity index (χ3v) is 10.7. The van der Waals surface area contributed by atoms with Gasteiger partial charge >= 0.3 is 0 Å². The number of fused-ring (bicyclic) bond motifs is 1. The van der Waals surface area contributed by atoms with Crippen LogP contribution < -0.4 is 0 Å². The number of hydrogen-bond acceptors (Lipinski definition) is 0. The summed E-state index contributed by atoms with van der Waals surface area (Å²) in [5.41, 5.74) is 20.7. The Hall–Kier alpha value is -5.20. The van der Waals surface area contributed by atoms with E-state index in [1.165, 1.54) is 109 Å². The first kappa shape index (κ1) is 36.6. The third-order valence-electron chi connectivity index (χ3n) is 10.7. The van der Waals surface area contributed by atoms with Crippen molar-refractivity contribution in [3.63, 3.8) is 0 Å². The summed E-state index contributed by atoms with van der Waals surface area (Å²) in [6, 6.07) is 37.5. The molecule has 8 rings (SSSR count). The monoisotopic (exact) mass is 678 g/mol. The Morgan fingerprint density at radius 2 is 1.33 bits per heavy atom. The molecule has 0 heteroatoms. The molecular weight excluding hydrogens is 625 g/mol. The molecule has 0 nitrogen and oxygen atoms in total. The largest absolute Gasteiger partial charge is 0.0842 e. The van der Waals surface area contributed by atoms with Crippen molar-refractivity contribution < 1.29 is 0 Å². The highest BCUT2D eigenvalue weighted by atomic mass is 14.2. The predicted molar refractivity (Wildman–Crippen MR) is 228 cm³/mol.